The standard InChI is InChI=1S/C31H39F4N3O4/c1-28(26(36)40)17-23(39)18-38(28)27(41)30(32)14-3-2-5-25(30)22-6-8-24(9-7-22)42-19-21-10-15-37(16-11-21)20-29(12-4-13-29)31(33,34)35/h2-3,5-9,21,23,39H,4,10-20H2,1H3,(H2,36,40). The highest BCUT2D eigenvalue weighted by atomic mass is 19.4. The summed E-state index contributed by atoms with van der Waals surface area (Å²) in [6.45, 7) is 2.99. The third kappa shape index (κ3) is 5.57. The number of allylic oxidation sites excluding steroid dienone is 3. The van der Waals surface area contributed by atoms with Gasteiger partial charge >= 0.3 is 6.18 Å². The lowest BCUT2D eigenvalue weighted by Crippen LogP contribution is -2.58. The summed E-state index contributed by atoms with van der Waals surface area (Å²) in [6.07, 6.45) is 1.92. The molecule has 2 saturated heterocycles. The van der Waals surface area contributed by atoms with Gasteiger partial charge in [0.05, 0.1) is 18.1 Å². The molecule has 0 radical (unpaired) electrons. The molecule has 2 aliphatic heterocycles. The van der Waals surface area contributed by atoms with Crippen LogP contribution in [-0.2, 0) is 9.59 Å². The molecular formula is C31H39F4N3O4. The number of amides is 2. The highest BCUT2D eigenvalue weighted by Crippen LogP contribution is 2.53. The van der Waals surface area contributed by atoms with Crippen molar-refractivity contribution in [3.63, 3.8) is 0 Å². The van der Waals surface area contributed by atoms with E-state index in [9.17, 15) is 27.9 Å². The summed E-state index contributed by atoms with van der Waals surface area (Å²) in [7, 11) is 0. The minimum absolute atomic E-state index is 0.0571. The number of aliphatic hydroxyl groups excluding tert-OH is 1. The smallest absolute Gasteiger partial charge is 0.395 e. The highest BCUT2D eigenvalue weighted by Gasteiger charge is 2.59. The minimum atomic E-state index is -4.16. The van der Waals surface area contributed by atoms with Gasteiger partial charge in [0, 0.05) is 31.5 Å². The number of hydrogen-bond acceptors (Lipinski definition) is 5. The van der Waals surface area contributed by atoms with Crippen molar-refractivity contribution in [1.82, 2.24) is 9.80 Å². The second-order valence-corrected chi connectivity index (χ2v) is 12.6. The minimum Gasteiger partial charge on any atom is -0.493 e. The average Bonchev–Trinajstić information content (AvgIpc) is 3.24. The molecule has 3 fully saturated rings. The predicted octanol–water partition coefficient (Wildman–Crippen LogP) is 4.40. The van der Waals surface area contributed by atoms with Crippen LogP contribution in [0, 0.1) is 11.3 Å². The number of aliphatic hydroxyl groups is 1. The highest BCUT2D eigenvalue weighted by molar-refractivity contribution is 6.03. The monoisotopic (exact) mass is 593 g/mol. The number of alkyl halides is 4. The Morgan fingerprint density at radius 1 is 1.14 bits per heavy atom. The zero-order valence-corrected chi connectivity index (χ0v) is 23.8. The lowest BCUT2D eigenvalue weighted by molar-refractivity contribution is -0.256. The van der Waals surface area contributed by atoms with E-state index >= 15 is 4.39 Å². The quantitative estimate of drug-likeness (QED) is 0.436. The lowest BCUT2D eigenvalue weighted by atomic mass is 9.67. The van der Waals surface area contributed by atoms with E-state index in [4.69, 9.17) is 10.5 Å². The Bertz CT molecular complexity index is 1240. The number of hydrogen-bond donors (Lipinski definition) is 2. The summed E-state index contributed by atoms with van der Waals surface area (Å²) < 4.78 is 63.2. The molecule has 1 saturated carbocycles. The molecule has 0 spiro atoms. The number of carbonyl (C=O) groups is 2. The van der Waals surface area contributed by atoms with Crippen LogP contribution in [-0.4, -0.2) is 83.0 Å². The molecule has 2 aliphatic carbocycles. The Kier molecular flexibility index (Phi) is 8.21. The van der Waals surface area contributed by atoms with Crippen molar-refractivity contribution in [3.05, 3.63) is 48.1 Å². The van der Waals surface area contributed by atoms with E-state index in [1.807, 2.05) is 4.90 Å². The molecule has 1 aromatic rings. The van der Waals surface area contributed by atoms with Crippen LogP contribution < -0.4 is 10.5 Å². The van der Waals surface area contributed by atoms with Gasteiger partial charge in [0.15, 0.2) is 0 Å². The van der Waals surface area contributed by atoms with Gasteiger partial charge in [0.25, 0.3) is 5.91 Å². The van der Waals surface area contributed by atoms with E-state index in [0.29, 0.717) is 37.4 Å². The van der Waals surface area contributed by atoms with Gasteiger partial charge in [-0.15, -0.1) is 0 Å². The van der Waals surface area contributed by atoms with Crippen LogP contribution in [0.2, 0.25) is 0 Å². The van der Waals surface area contributed by atoms with Crippen LogP contribution in [0.25, 0.3) is 5.57 Å². The fraction of sp³-hybridized carbons (Fsp3) is 0.613. The second kappa shape index (κ2) is 11.3. The summed E-state index contributed by atoms with van der Waals surface area (Å²) in [5, 5.41) is 10.2. The van der Waals surface area contributed by atoms with Crippen molar-refractivity contribution in [2.24, 2.45) is 17.1 Å². The second-order valence-electron chi connectivity index (χ2n) is 12.6. The van der Waals surface area contributed by atoms with Gasteiger partial charge in [-0.05, 0) is 69.3 Å². The number of β-amino-alcohol motifs (C(OH)–C–C–N with tert-alkyl or cyclic N) is 1. The van der Waals surface area contributed by atoms with Crippen molar-refractivity contribution < 1.29 is 37.0 Å². The molecule has 0 bridgehead atoms. The Labute approximate surface area is 243 Å². The number of benzene rings is 1. The molecule has 42 heavy (non-hydrogen) atoms. The van der Waals surface area contributed by atoms with Crippen LogP contribution >= 0.6 is 0 Å². The fourth-order valence-electron chi connectivity index (χ4n) is 6.78. The number of carbonyl (C=O) groups excluding carboxylic acids is 2. The molecule has 3 atom stereocenters. The van der Waals surface area contributed by atoms with Gasteiger partial charge < -0.3 is 25.4 Å². The molecule has 230 valence electrons. The number of piperidine rings is 1. The molecule has 4 aliphatic rings. The van der Waals surface area contributed by atoms with Crippen LogP contribution in [0.4, 0.5) is 17.6 Å². The Balaban J connectivity index is 1.18. The molecule has 7 nitrogen and oxygen atoms in total. The average molecular weight is 594 g/mol. The number of rotatable bonds is 8. The van der Waals surface area contributed by atoms with Crippen molar-refractivity contribution >= 4 is 17.4 Å². The summed E-state index contributed by atoms with van der Waals surface area (Å²) in [4.78, 5) is 28.7. The molecule has 2 amide bonds. The van der Waals surface area contributed by atoms with Crippen molar-refractivity contribution in [3.8, 4) is 5.75 Å². The van der Waals surface area contributed by atoms with Gasteiger partial charge in [-0.2, -0.15) is 13.2 Å². The van der Waals surface area contributed by atoms with Gasteiger partial charge in [-0.25, -0.2) is 4.39 Å². The molecule has 3 unspecified atom stereocenters. The van der Waals surface area contributed by atoms with E-state index in [2.05, 4.69) is 0 Å². The summed E-state index contributed by atoms with van der Waals surface area (Å²) >= 11 is 0. The molecule has 2 heterocycles. The first-order valence-corrected chi connectivity index (χ1v) is 14.7. The zero-order valence-electron chi connectivity index (χ0n) is 23.8. The largest absolute Gasteiger partial charge is 0.493 e. The van der Waals surface area contributed by atoms with Crippen molar-refractivity contribution in [2.45, 2.75) is 75.4 Å². The molecular weight excluding hydrogens is 554 g/mol. The van der Waals surface area contributed by atoms with Crippen molar-refractivity contribution in [1.29, 1.82) is 0 Å². The number of likely N-dealkylation sites (tertiary alicyclic amines) is 2. The first kappa shape index (κ1) is 30.5. The number of nitrogens with two attached hydrogens (primary N) is 1. The number of halogens is 4. The summed E-state index contributed by atoms with van der Waals surface area (Å²) in [5.41, 5.74) is 0.681. The maximum Gasteiger partial charge on any atom is 0.395 e. The third-order valence-electron chi connectivity index (χ3n) is 9.76. The van der Waals surface area contributed by atoms with Crippen LogP contribution in [0.3, 0.4) is 0 Å². The van der Waals surface area contributed by atoms with Gasteiger partial charge in [-0.1, -0.05) is 36.8 Å². The number of primary amides is 1. The van der Waals surface area contributed by atoms with Crippen molar-refractivity contribution in [2.75, 3.05) is 32.8 Å². The van der Waals surface area contributed by atoms with Gasteiger partial charge in [0.2, 0.25) is 11.6 Å². The topological polar surface area (TPSA) is 96.1 Å². The Morgan fingerprint density at radius 3 is 2.38 bits per heavy atom. The zero-order chi connectivity index (χ0) is 30.3. The first-order chi connectivity index (χ1) is 19.8. The van der Waals surface area contributed by atoms with E-state index in [1.165, 1.54) is 13.0 Å². The third-order valence-corrected chi connectivity index (χ3v) is 9.76. The normalized spacial score (nSPS) is 30.1. The first-order valence-electron chi connectivity index (χ1n) is 14.7. The van der Waals surface area contributed by atoms with Crippen LogP contribution in [0.1, 0.15) is 57.4 Å². The molecule has 0 aromatic heterocycles. The maximum atomic E-state index is 16.6. The SMILES string of the molecule is CC1(C(N)=O)CC(O)CN1C(=O)C1(F)CC=CC=C1c1ccc(OCC2CCN(CC3(C(F)(F)F)CCC3)CC2)cc1. The molecule has 1 aromatic carbocycles. The number of ether oxygens (including phenoxy) is 1. The molecule has 11 heteroatoms. The van der Waals surface area contributed by atoms with Gasteiger partial charge in [-0.3, -0.25) is 9.59 Å². The summed E-state index contributed by atoms with van der Waals surface area (Å²) in [6, 6.07) is 6.74. The van der Waals surface area contributed by atoms with Gasteiger partial charge in [0.1, 0.15) is 11.3 Å². The Morgan fingerprint density at radius 2 is 1.81 bits per heavy atom. The summed E-state index contributed by atoms with van der Waals surface area (Å²) in [5.74, 6) is -0.926. The Hall–Kier alpha value is -2.92. The predicted molar refractivity (Wildman–Crippen MR) is 149 cm³/mol. The maximum absolute atomic E-state index is 16.6. The van der Waals surface area contributed by atoms with E-state index < -0.39 is 40.7 Å². The van der Waals surface area contributed by atoms with Crippen LogP contribution in [0.5, 0.6) is 5.75 Å². The van der Waals surface area contributed by atoms with E-state index in [1.54, 1.807) is 36.4 Å². The fourth-order valence-corrected chi connectivity index (χ4v) is 6.78. The van der Waals surface area contributed by atoms with E-state index in [-0.39, 0.29) is 50.3 Å². The molecule has 5 rings (SSSR count). The molecule has 3 N–H and O–H groups in total. The van der Waals surface area contributed by atoms with E-state index in [0.717, 1.165) is 17.7 Å². The lowest BCUT2D eigenvalue weighted by Gasteiger charge is -2.47. The number of nitrogens with zero attached hydrogens (tertiary/aromatic N) is 2. The van der Waals surface area contributed by atoms with Crippen LogP contribution in [0.15, 0.2) is 42.5 Å².